The first-order valence-electron chi connectivity index (χ1n) is 4.33. The van der Waals surface area contributed by atoms with E-state index in [0.717, 1.165) is 4.90 Å². The summed E-state index contributed by atoms with van der Waals surface area (Å²) in [6.45, 7) is 3.72. The number of fused-ring (bicyclic) bond motifs is 1. The quantitative estimate of drug-likeness (QED) is 0.644. The molecule has 0 radical (unpaired) electrons. The molecule has 0 aromatic heterocycles. The number of phenols is 1. The van der Waals surface area contributed by atoms with Crippen LogP contribution in [-0.2, 0) is 4.79 Å². The van der Waals surface area contributed by atoms with Crippen LogP contribution in [0.5, 0.6) is 5.75 Å². The molecule has 1 amide bonds. The Morgan fingerprint density at radius 2 is 2.14 bits per heavy atom. The van der Waals surface area contributed by atoms with E-state index in [1.165, 1.54) is 11.8 Å². The summed E-state index contributed by atoms with van der Waals surface area (Å²) in [7, 11) is 0. The van der Waals surface area contributed by atoms with Crippen molar-refractivity contribution in [2.45, 2.75) is 23.5 Å². The summed E-state index contributed by atoms with van der Waals surface area (Å²) in [5, 5.41) is 12.2. The Hall–Kier alpha value is -1.16. The van der Waals surface area contributed by atoms with Gasteiger partial charge in [-0.2, -0.15) is 0 Å². The molecule has 0 fully saturated rings. The summed E-state index contributed by atoms with van der Waals surface area (Å²) in [4.78, 5) is 12.5. The van der Waals surface area contributed by atoms with E-state index in [-0.39, 0.29) is 11.7 Å². The van der Waals surface area contributed by atoms with Crippen LogP contribution >= 0.6 is 11.8 Å². The van der Waals surface area contributed by atoms with Gasteiger partial charge in [-0.1, -0.05) is 6.07 Å². The molecule has 4 heteroatoms. The number of thioether (sulfide) groups is 1. The number of anilines is 1. The largest absolute Gasteiger partial charge is 0.506 e. The van der Waals surface area contributed by atoms with Crippen LogP contribution in [0.2, 0.25) is 0 Å². The van der Waals surface area contributed by atoms with Crippen molar-refractivity contribution in [3.63, 3.8) is 0 Å². The van der Waals surface area contributed by atoms with Crippen LogP contribution in [0.3, 0.4) is 0 Å². The molecule has 1 heterocycles. The lowest BCUT2D eigenvalue weighted by Crippen LogP contribution is -2.37. The van der Waals surface area contributed by atoms with Crippen LogP contribution in [0.1, 0.15) is 13.8 Å². The number of para-hydroxylation sites is 1. The molecule has 1 aromatic rings. The van der Waals surface area contributed by atoms with Crippen molar-refractivity contribution in [2.24, 2.45) is 0 Å². The van der Waals surface area contributed by atoms with E-state index in [4.69, 9.17) is 0 Å². The SMILES string of the molecule is CC1(C)Sc2cccc(O)c2NC1=O. The Labute approximate surface area is 86.5 Å². The van der Waals surface area contributed by atoms with Crippen LogP contribution in [0, 0.1) is 0 Å². The van der Waals surface area contributed by atoms with Gasteiger partial charge in [0.05, 0.1) is 10.4 Å². The molecule has 14 heavy (non-hydrogen) atoms. The number of aromatic hydroxyl groups is 1. The molecule has 74 valence electrons. The molecular formula is C10H11NO2S. The zero-order chi connectivity index (χ0) is 10.3. The zero-order valence-electron chi connectivity index (χ0n) is 8.00. The van der Waals surface area contributed by atoms with E-state index in [1.54, 1.807) is 12.1 Å². The number of carbonyl (C=O) groups is 1. The molecule has 0 saturated carbocycles. The van der Waals surface area contributed by atoms with Gasteiger partial charge in [-0.25, -0.2) is 0 Å². The summed E-state index contributed by atoms with van der Waals surface area (Å²) in [6, 6.07) is 5.23. The van der Waals surface area contributed by atoms with Gasteiger partial charge in [0.25, 0.3) is 0 Å². The molecule has 2 rings (SSSR count). The van der Waals surface area contributed by atoms with Gasteiger partial charge in [-0.3, -0.25) is 4.79 Å². The number of hydrogen-bond donors (Lipinski definition) is 2. The molecule has 1 aliphatic heterocycles. The van der Waals surface area contributed by atoms with Gasteiger partial charge in [0.15, 0.2) is 0 Å². The fraction of sp³-hybridized carbons (Fsp3) is 0.300. The Balaban J connectivity index is 2.51. The van der Waals surface area contributed by atoms with Crippen molar-refractivity contribution in [3.8, 4) is 5.75 Å². The molecule has 0 unspecified atom stereocenters. The van der Waals surface area contributed by atoms with Crippen molar-refractivity contribution in [1.29, 1.82) is 0 Å². The normalized spacial score (nSPS) is 18.6. The van der Waals surface area contributed by atoms with Crippen molar-refractivity contribution in [2.75, 3.05) is 5.32 Å². The van der Waals surface area contributed by atoms with Gasteiger partial charge < -0.3 is 10.4 Å². The topological polar surface area (TPSA) is 49.3 Å². The number of phenolic OH excluding ortho intramolecular Hbond substituents is 1. The minimum Gasteiger partial charge on any atom is -0.506 e. The maximum Gasteiger partial charge on any atom is 0.240 e. The fourth-order valence-corrected chi connectivity index (χ4v) is 2.41. The highest BCUT2D eigenvalue weighted by molar-refractivity contribution is 8.01. The summed E-state index contributed by atoms with van der Waals surface area (Å²) >= 11 is 1.46. The first kappa shape index (κ1) is 9.40. The standard InChI is InChI=1S/C10H11NO2S/c1-10(2)9(13)11-8-6(12)4-3-5-7(8)14-10/h3-5,12H,1-2H3,(H,11,13). The van der Waals surface area contributed by atoms with E-state index >= 15 is 0 Å². The maximum atomic E-state index is 11.6. The highest BCUT2D eigenvalue weighted by Gasteiger charge is 2.35. The van der Waals surface area contributed by atoms with Crippen molar-refractivity contribution >= 4 is 23.4 Å². The third-order valence-corrected chi connectivity index (χ3v) is 3.41. The number of carbonyl (C=O) groups excluding carboxylic acids is 1. The second-order valence-electron chi connectivity index (χ2n) is 3.72. The number of nitrogens with one attached hydrogen (secondary N) is 1. The minimum atomic E-state index is -0.471. The highest BCUT2D eigenvalue weighted by Crippen LogP contribution is 2.45. The van der Waals surface area contributed by atoms with Crippen molar-refractivity contribution in [1.82, 2.24) is 0 Å². The molecule has 0 atom stereocenters. The van der Waals surface area contributed by atoms with Gasteiger partial charge in [0, 0.05) is 4.90 Å². The predicted octanol–water partition coefficient (Wildman–Crippen LogP) is 2.21. The lowest BCUT2D eigenvalue weighted by Gasteiger charge is -2.29. The minimum absolute atomic E-state index is 0.0727. The Morgan fingerprint density at radius 1 is 1.43 bits per heavy atom. The summed E-state index contributed by atoms with van der Waals surface area (Å²) in [5.74, 6) is 0.0513. The molecule has 0 bridgehead atoms. The molecule has 0 spiro atoms. The van der Waals surface area contributed by atoms with Gasteiger partial charge >= 0.3 is 0 Å². The maximum absolute atomic E-state index is 11.6. The molecule has 3 nitrogen and oxygen atoms in total. The van der Waals surface area contributed by atoms with Gasteiger partial charge in [-0.15, -0.1) is 11.8 Å². The average molecular weight is 209 g/mol. The first-order valence-corrected chi connectivity index (χ1v) is 5.15. The van der Waals surface area contributed by atoms with Gasteiger partial charge in [0.1, 0.15) is 5.75 Å². The molecule has 1 aromatic carbocycles. The van der Waals surface area contributed by atoms with Crippen molar-refractivity contribution in [3.05, 3.63) is 18.2 Å². The fourth-order valence-electron chi connectivity index (χ4n) is 1.32. The first-order chi connectivity index (χ1) is 6.50. The van der Waals surface area contributed by atoms with E-state index in [2.05, 4.69) is 5.32 Å². The van der Waals surface area contributed by atoms with Crippen LogP contribution in [0.4, 0.5) is 5.69 Å². The van der Waals surface area contributed by atoms with Gasteiger partial charge in [-0.05, 0) is 26.0 Å². The smallest absolute Gasteiger partial charge is 0.240 e. The van der Waals surface area contributed by atoms with E-state index in [1.807, 2.05) is 19.9 Å². The lowest BCUT2D eigenvalue weighted by molar-refractivity contribution is -0.117. The van der Waals surface area contributed by atoms with Gasteiger partial charge in [0.2, 0.25) is 5.91 Å². The van der Waals surface area contributed by atoms with Crippen LogP contribution in [0.15, 0.2) is 23.1 Å². The van der Waals surface area contributed by atoms with E-state index in [9.17, 15) is 9.90 Å². The molecule has 2 N–H and O–H groups in total. The number of benzene rings is 1. The number of amides is 1. The highest BCUT2D eigenvalue weighted by atomic mass is 32.2. The Bertz CT molecular complexity index is 401. The number of hydrogen-bond acceptors (Lipinski definition) is 3. The monoisotopic (exact) mass is 209 g/mol. The predicted molar refractivity (Wildman–Crippen MR) is 56.7 cm³/mol. The molecule has 0 aliphatic carbocycles. The van der Waals surface area contributed by atoms with Crippen LogP contribution in [-0.4, -0.2) is 15.8 Å². The van der Waals surface area contributed by atoms with E-state index < -0.39 is 4.75 Å². The second-order valence-corrected chi connectivity index (χ2v) is 5.38. The van der Waals surface area contributed by atoms with Crippen LogP contribution in [0.25, 0.3) is 0 Å². The third-order valence-electron chi connectivity index (χ3n) is 2.15. The Kier molecular flexibility index (Phi) is 1.96. The Morgan fingerprint density at radius 3 is 2.86 bits per heavy atom. The summed E-state index contributed by atoms with van der Waals surface area (Å²) in [6.07, 6.45) is 0. The number of rotatable bonds is 0. The van der Waals surface area contributed by atoms with Crippen LogP contribution < -0.4 is 5.32 Å². The van der Waals surface area contributed by atoms with E-state index in [0.29, 0.717) is 5.69 Å². The molecule has 1 aliphatic rings. The summed E-state index contributed by atoms with van der Waals surface area (Å²) < 4.78 is -0.471. The average Bonchev–Trinajstić information content (AvgIpc) is 2.08. The third kappa shape index (κ3) is 1.35. The zero-order valence-corrected chi connectivity index (χ0v) is 8.81. The van der Waals surface area contributed by atoms with Crippen molar-refractivity contribution < 1.29 is 9.90 Å². The molecular weight excluding hydrogens is 198 g/mol. The summed E-state index contributed by atoms with van der Waals surface area (Å²) in [5.41, 5.74) is 0.529. The molecule has 0 saturated heterocycles. The lowest BCUT2D eigenvalue weighted by atomic mass is 10.1. The second kappa shape index (κ2) is 2.92.